The number of imidazole rings is 1. The van der Waals surface area contributed by atoms with Gasteiger partial charge in [-0.25, -0.2) is 4.98 Å². The number of fused-ring (bicyclic) bond motifs is 1. The molecule has 1 fully saturated rings. The van der Waals surface area contributed by atoms with Gasteiger partial charge in [0.2, 0.25) is 0 Å². The lowest BCUT2D eigenvalue weighted by molar-refractivity contribution is 0.120. The summed E-state index contributed by atoms with van der Waals surface area (Å²) in [7, 11) is 1.54. The minimum absolute atomic E-state index is 0.108. The van der Waals surface area contributed by atoms with Crippen LogP contribution in [0.15, 0.2) is 41.0 Å². The van der Waals surface area contributed by atoms with Crippen molar-refractivity contribution in [3.05, 3.63) is 41.0 Å². The number of halogens is 1. The smallest absolute Gasteiger partial charge is 0.161 e. The van der Waals surface area contributed by atoms with Crippen LogP contribution in [0.1, 0.15) is 12.8 Å². The summed E-state index contributed by atoms with van der Waals surface area (Å²) in [5.41, 5.74) is 2.51. The van der Waals surface area contributed by atoms with E-state index in [1.165, 1.54) is 7.11 Å². The second-order valence-corrected chi connectivity index (χ2v) is 7.20. The van der Waals surface area contributed by atoms with Crippen LogP contribution < -0.4 is 10.1 Å². The molecule has 136 valence electrons. The Kier molecular flexibility index (Phi) is 4.74. The van der Waals surface area contributed by atoms with Gasteiger partial charge in [-0.15, -0.1) is 0 Å². The second-order valence-electron chi connectivity index (χ2n) is 6.29. The number of rotatable bonds is 5. The topological polar surface area (TPSA) is 68.0 Å². The molecule has 3 aromatic rings. The average Bonchev–Trinajstić information content (AvgIpc) is 3.28. The summed E-state index contributed by atoms with van der Waals surface area (Å²) in [5, 5.41) is 13.4. The van der Waals surface area contributed by atoms with Crippen molar-refractivity contribution in [3.8, 4) is 22.8 Å². The van der Waals surface area contributed by atoms with Gasteiger partial charge in [-0.05, 0) is 59.1 Å². The van der Waals surface area contributed by atoms with Crippen LogP contribution in [-0.2, 0) is 4.74 Å². The standard InChI is InChI=1S/C19H20BrN3O3/c1-25-16-9-12(4-6-15(16)24)18-19(21-10-14-3-2-8-26-14)23-11-13(20)5-7-17(23)22-18/h4-7,9,11,14,21,24H,2-3,8,10H2,1H3/t14-/m1/s1. The maximum absolute atomic E-state index is 9.89. The largest absolute Gasteiger partial charge is 0.504 e. The number of nitrogens with zero attached hydrogens (tertiary/aromatic N) is 2. The minimum atomic E-state index is 0.108. The highest BCUT2D eigenvalue weighted by Crippen LogP contribution is 2.35. The fourth-order valence-electron chi connectivity index (χ4n) is 3.23. The number of ether oxygens (including phenoxy) is 2. The molecule has 0 amide bonds. The molecule has 7 heteroatoms. The lowest BCUT2D eigenvalue weighted by Crippen LogP contribution is -2.19. The van der Waals surface area contributed by atoms with Crippen LogP contribution in [-0.4, -0.2) is 40.9 Å². The Morgan fingerprint density at radius 3 is 3.04 bits per heavy atom. The molecule has 2 N–H and O–H groups in total. The Bertz CT molecular complexity index is 935. The van der Waals surface area contributed by atoms with Gasteiger partial charge in [-0.2, -0.15) is 0 Å². The molecule has 26 heavy (non-hydrogen) atoms. The summed E-state index contributed by atoms with van der Waals surface area (Å²) < 4.78 is 14.0. The van der Waals surface area contributed by atoms with Gasteiger partial charge in [-0.1, -0.05) is 0 Å². The maximum atomic E-state index is 9.89. The summed E-state index contributed by atoms with van der Waals surface area (Å²) >= 11 is 3.53. The Hall–Kier alpha value is -2.25. The molecule has 4 rings (SSSR count). The molecule has 1 atom stereocenters. The average molecular weight is 418 g/mol. The number of hydrogen-bond acceptors (Lipinski definition) is 5. The summed E-state index contributed by atoms with van der Waals surface area (Å²) in [4.78, 5) is 4.78. The lowest BCUT2D eigenvalue weighted by Gasteiger charge is -2.13. The summed E-state index contributed by atoms with van der Waals surface area (Å²) in [6, 6.07) is 9.18. The lowest BCUT2D eigenvalue weighted by atomic mass is 10.1. The first-order chi connectivity index (χ1) is 12.7. The molecular formula is C19H20BrN3O3. The number of phenols is 1. The van der Waals surface area contributed by atoms with Gasteiger partial charge in [-0.3, -0.25) is 4.40 Å². The van der Waals surface area contributed by atoms with E-state index < -0.39 is 0 Å². The number of methoxy groups -OCH3 is 1. The SMILES string of the molecule is COc1cc(-c2nc3ccc(Br)cn3c2NC[C@H]2CCCO2)ccc1O. The highest BCUT2D eigenvalue weighted by atomic mass is 79.9. The number of anilines is 1. The van der Waals surface area contributed by atoms with Crippen molar-refractivity contribution in [1.29, 1.82) is 0 Å². The summed E-state index contributed by atoms with van der Waals surface area (Å²) in [6.07, 6.45) is 4.37. The third kappa shape index (κ3) is 3.24. The van der Waals surface area contributed by atoms with Gasteiger partial charge in [0.1, 0.15) is 17.2 Å². The van der Waals surface area contributed by atoms with E-state index in [-0.39, 0.29) is 11.9 Å². The van der Waals surface area contributed by atoms with Crippen molar-refractivity contribution < 1.29 is 14.6 Å². The number of nitrogens with one attached hydrogen (secondary N) is 1. The van der Waals surface area contributed by atoms with E-state index in [0.717, 1.165) is 53.2 Å². The highest BCUT2D eigenvalue weighted by molar-refractivity contribution is 9.10. The van der Waals surface area contributed by atoms with E-state index in [4.69, 9.17) is 14.5 Å². The molecule has 0 bridgehead atoms. The van der Waals surface area contributed by atoms with Crippen LogP contribution in [0.4, 0.5) is 5.82 Å². The predicted molar refractivity (Wildman–Crippen MR) is 104 cm³/mol. The molecular weight excluding hydrogens is 398 g/mol. The van der Waals surface area contributed by atoms with Crippen molar-refractivity contribution in [2.75, 3.05) is 25.6 Å². The highest BCUT2D eigenvalue weighted by Gasteiger charge is 2.19. The molecule has 0 radical (unpaired) electrons. The molecule has 0 saturated carbocycles. The minimum Gasteiger partial charge on any atom is -0.504 e. The number of hydrogen-bond donors (Lipinski definition) is 2. The van der Waals surface area contributed by atoms with Crippen LogP contribution in [0.25, 0.3) is 16.9 Å². The zero-order valence-corrected chi connectivity index (χ0v) is 16.0. The normalized spacial score (nSPS) is 16.9. The molecule has 0 aliphatic carbocycles. The van der Waals surface area contributed by atoms with Crippen LogP contribution in [0, 0.1) is 0 Å². The Labute approximate surface area is 159 Å². The molecule has 1 aromatic carbocycles. The van der Waals surface area contributed by atoms with Crippen LogP contribution in [0.5, 0.6) is 11.5 Å². The first kappa shape index (κ1) is 17.2. The molecule has 3 heterocycles. The molecule has 1 aliphatic heterocycles. The Morgan fingerprint density at radius 1 is 1.38 bits per heavy atom. The van der Waals surface area contributed by atoms with E-state index in [0.29, 0.717) is 5.75 Å². The van der Waals surface area contributed by atoms with E-state index in [9.17, 15) is 5.11 Å². The summed E-state index contributed by atoms with van der Waals surface area (Å²) in [6.45, 7) is 1.55. The number of benzene rings is 1. The second kappa shape index (κ2) is 7.17. The predicted octanol–water partition coefficient (Wildman–Crippen LogP) is 4.07. The molecule has 1 aliphatic rings. The van der Waals surface area contributed by atoms with Crippen LogP contribution >= 0.6 is 15.9 Å². The molecule has 0 spiro atoms. The van der Waals surface area contributed by atoms with Gasteiger partial charge in [0.25, 0.3) is 0 Å². The van der Waals surface area contributed by atoms with Gasteiger partial charge in [0, 0.05) is 29.4 Å². The number of aromatic hydroxyl groups is 1. The molecule has 0 unspecified atom stereocenters. The monoisotopic (exact) mass is 417 g/mol. The van der Waals surface area contributed by atoms with E-state index in [2.05, 4.69) is 21.2 Å². The van der Waals surface area contributed by atoms with Crippen molar-refractivity contribution in [3.63, 3.8) is 0 Å². The number of pyridine rings is 1. The third-order valence-corrected chi connectivity index (χ3v) is 5.03. The van der Waals surface area contributed by atoms with Gasteiger partial charge in [0.05, 0.1) is 13.2 Å². The maximum Gasteiger partial charge on any atom is 0.161 e. The molecule has 6 nitrogen and oxygen atoms in total. The fourth-order valence-corrected chi connectivity index (χ4v) is 3.57. The Balaban J connectivity index is 1.78. The first-order valence-electron chi connectivity index (χ1n) is 8.56. The fraction of sp³-hybridized carbons (Fsp3) is 0.316. The van der Waals surface area contributed by atoms with Crippen molar-refractivity contribution in [2.45, 2.75) is 18.9 Å². The third-order valence-electron chi connectivity index (χ3n) is 4.56. The quantitative estimate of drug-likeness (QED) is 0.654. The summed E-state index contributed by atoms with van der Waals surface area (Å²) in [5.74, 6) is 1.42. The molecule has 2 aromatic heterocycles. The van der Waals surface area contributed by atoms with Gasteiger partial charge >= 0.3 is 0 Å². The Morgan fingerprint density at radius 2 is 2.27 bits per heavy atom. The zero-order valence-electron chi connectivity index (χ0n) is 14.4. The first-order valence-corrected chi connectivity index (χ1v) is 9.35. The van der Waals surface area contributed by atoms with Crippen LogP contribution in [0.2, 0.25) is 0 Å². The van der Waals surface area contributed by atoms with E-state index in [1.54, 1.807) is 12.1 Å². The van der Waals surface area contributed by atoms with E-state index in [1.807, 2.05) is 28.8 Å². The number of phenolic OH excluding ortho intramolecular Hbond substituents is 1. The van der Waals surface area contributed by atoms with Crippen molar-refractivity contribution in [1.82, 2.24) is 9.38 Å². The van der Waals surface area contributed by atoms with Crippen molar-refractivity contribution in [2.24, 2.45) is 0 Å². The molecule has 1 saturated heterocycles. The van der Waals surface area contributed by atoms with Gasteiger partial charge < -0.3 is 19.9 Å². The van der Waals surface area contributed by atoms with E-state index >= 15 is 0 Å². The number of aromatic nitrogens is 2. The zero-order chi connectivity index (χ0) is 18.1. The van der Waals surface area contributed by atoms with Crippen molar-refractivity contribution >= 4 is 27.4 Å². The van der Waals surface area contributed by atoms with Gasteiger partial charge in [0.15, 0.2) is 11.5 Å². The van der Waals surface area contributed by atoms with Crippen LogP contribution in [0.3, 0.4) is 0 Å².